The Labute approximate surface area is 129 Å². The number of aliphatic imine (C=N–C) groups is 1. The second-order valence-electron chi connectivity index (χ2n) is 5.74. The van der Waals surface area contributed by atoms with Gasteiger partial charge in [-0.05, 0) is 37.8 Å². The quantitative estimate of drug-likeness (QED) is 0.599. The van der Waals surface area contributed by atoms with Crippen LogP contribution in [0.15, 0.2) is 29.3 Å². The molecule has 0 amide bonds. The van der Waals surface area contributed by atoms with Crippen molar-refractivity contribution in [2.24, 2.45) is 4.99 Å². The summed E-state index contributed by atoms with van der Waals surface area (Å²) < 4.78 is 5.38. The summed E-state index contributed by atoms with van der Waals surface area (Å²) in [6, 6.07) is 8.79. The second kappa shape index (κ2) is 8.67. The summed E-state index contributed by atoms with van der Waals surface area (Å²) in [5.74, 6) is 0.810. The number of rotatable bonds is 7. The van der Waals surface area contributed by atoms with Gasteiger partial charge in [-0.1, -0.05) is 31.2 Å². The standard InChI is InChI=1S/C17H29N3O/c1-6-14-7-9-15(10-8-14)11-12-19-16(18-4)20-13-17(2,3)21-5/h7-10H,6,11-13H2,1-5H3,(H2,18,19,20). The maximum Gasteiger partial charge on any atom is 0.191 e. The number of guanidine groups is 1. The lowest BCUT2D eigenvalue weighted by molar-refractivity contribution is 0.0268. The lowest BCUT2D eigenvalue weighted by Gasteiger charge is -2.24. The van der Waals surface area contributed by atoms with E-state index in [-0.39, 0.29) is 5.60 Å². The SMILES string of the molecule is CCc1ccc(CCNC(=NC)NCC(C)(C)OC)cc1. The first kappa shape index (κ1) is 17.5. The molecule has 0 fully saturated rings. The van der Waals surface area contributed by atoms with Crippen molar-refractivity contribution in [3.8, 4) is 0 Å². The third kappa shape index (κ3) is 6.63. The van der Waals surface area contributed by atoms with Crippen molar-refractivity contribution in [2.45, 2.75) is 39.2 Å². The zero-order chi connectivity index (χ0) is 15.7. The Hall–Kier alpha value is -1.55. The first-order valence-electron chi connectivity index (χ1n) is 7.58. The molecule has 2 N–H and O–H groups in total. The fraction of sp³-hybridized carbons (Fsp3) is 0.588. The fourth-order valence-electron chi connectivity index (χ4n) is 1.86. The van der Waals surface area contributed by atoms with Crippen LogP contribution in [0.25, 0.3) is 0 Å². The van der Waals surface area contributed by atoms with E-state index in [9.17, 15) is 0 Å². The van der Waals surface area contributed by atoms with E-state index < -0.39 is 0 Å². The van der Waals surface area contributed by atoms with E-state index in [2.05, 4.69) is 46.8 Å². The van der Waals surface area contributed by atoms with Gasteiger partial charge in [0.1, 0.15) is 0 Å². The summed E-state index contributed by atoms with van der Waals surface area (Å²) >= 11 is 0. The Kier molecular flexibility index (Phi) is 7.23. The lowest BCUT2D eigenvalue weighted by atomic mass is 10.1. The normalized spacial score (nSPS) is 12.3. The summed E-state index contributed by atoms with van der Waals surface area (Å²) in [5, 5.41) is 6.61. The highest BCUT2D eigenvalue weighted by atomic mass is 16.5. The van der Waals surface area contributed by atoms with Crippen LogP contribution in [-0.2, 0) is 17.6 Å². The third-order valence-electron chi connectivity index (χ3n) is 3.60. The van der Waals surface area contributed by atoms with Crippen LogP contribution < -0.4 is 10.6 Å². The van der Waals surface area contributed by atoms with Crippen molar-refractivity contribution in [3.05, 3.63) is 35.4 Å². The molecule has 0 spiro atoms. The molecule has 118 valence electrons. The lowest BCUT2D eigenvalue weighted by Crippen LogP contribution is -2.45. The molecule has 0 bridgehead atoms. The molecule has 21 heavy (non-hydrogen) atoms. The van der Waals surface area contributed by atoms with Gasteiger partial charge in [-0.15, -0.1) is 0 Å². The van der Waals surface area contributed by atoms with Crippen molar-refractivity contribution in [3.63, 3.8) is 0 Å². The molecule has 4 heteroatoms. The highest BCUT2D eigenvalue weighted by molar-refractivity contribution is 5.79. The topological polar surface area (TPSA) is 45.7 Å². The molecule has 0 heterocycles. The van der Waals surface area contributed by atoms with Crippen LogP contribution in [0.4, 0.5) is 0 Å². The number of hydrogen-bond donors (Lipinski definition) is 2. The van der Waals surface area contributed by atoms with Crippen LogP contribution in [0.5, 0.6) is 0 Å². The monoisotopic (exact) mass is 291 g/mol. The molecule has 1 rings (SSSR count). The molecule has 1 aromatic carbocycles. The minimum absolute atomic E-state index is 0.201. The van der Waals surface area contributed by atoms with E-state index in [1.54, 1.807) is 14.2 Å². The van der Waals surface area contributed by atoms with Crippen LogP contribution in [0.2, 0.25) is 0 Å². The average Bonchev–Trinajstić information content (AvgIpc) is 2.51. The summed E-state index contributed by atoms with van der Waals surface area (Å²) in [4.78, 5) is 4.22. The molecule has 1 aromatic rings. The molecule has 0 aliphatic carbocycles. The number of ether oxygens (including phenoxy) is 1. The highest BCUT2D eigenvalue weighted by Gasteiger charge is 2.16. The molecule has 0 unspecified atom stereocenters. The predicted octanol–water partition coefficient (Wildman–Crippen LogP) is 2.38. The van der Waals surface area contributed by atoms with Gasteiger partial charge in [0.25, 0.3) is 0 Å². The minimum Gasteiger partial charge on any atom is -0.377 e. The third-order valence-corrected chi connectivity index (χ3v) is 3.60. The van der Waals surface area contributed by atoms with E-state index in [0.717, 1.165) is 25.3 Å². The molecular formula is C17H29N3O. The van der Waals surface area contributed by atoms with Crippen LogP contribution in [0.3, 0.4) is 0 Å². The number of nitrogens with zero attached hydrogens (tertiary/aromatic N) is 1. The fourth-order valence-corrected chi connectivity index (χ4v) is 1.86. The molecule has 0 saturated heterocycles. The summed E-state index contributed by atoms with van der Waals surface area (Å²) in [5.41, 5.74) is 2.52. The van der Waals surface area contributed by atoms with Gasteiger partial charge < -0.3 is 15.4 Å². The van der Waals surface area contributed by atoms with Crippen LogP contribution in [-0.4, -0.2) is 38.8 Å². The van der Waals surface area contributed by atoms with E-state index in [1.807, 2.05) is 13.8 Å². The maximum atomic E-state index is 5.38. The van der Waals surface area contributed by atoms with Gasteiger partial charge in [0.15, 0.2) is 5.96 Å². The largest absolute Gasteiger partial charge is 0.377 e. The molecular weight excluding hydrogens is 262 g/mol. The van der Waals surface area contributed by atoms with E-state index in [4.69, 9.17) is 4.74 Å². The summed E-state index contributed by atoms with van der Waals surface area (Å²) in [6.07, 6.45) is 2.07. The molecule has 0 aliphatic heterocycles. The Morgan fingerprint density at radius 3 is 2.29 bits per heavy atom. The van der Waals surface area contributed by atoms with Gasteiger partial charge >= 0.3 is 0 Å². The van der Waals surface area contributed by atoms with E-state index in [1.165, 1.54) is 11.1 Å². The summed E-state index contributed by atoms with van der Waals surface area (Å²) in [6.45, 7) is 7.84. The van der Waals surface area contributed by atoms with Gasteiger partial charge in [0, 0.05) is 27.2 Å². The van der Waals surface area contributed by atoms with Gasteiger partial charge in [0.2, 0.25) is 0 Å². The Morgan fingerprint density at radius 2 is 1.76 bits per heavy atom. The van der Waals surface area contributed by atoms with Crippen LogP contribution in [0.1, 0.15) is 31.9 Å². The first-order valence-corrected chi connectivity index (χ1v) is 7.58. The number of aryl methyl sites for hydroxylation is 1. The molecule has 0 saturated carbocycles. The number of benzene rings is 1. The minimum atomic E-state index is -0.201. The van der Waals surface area contributed by atoms with Crippen molar-refractivity contribution in [1.29, 1.82) is 0 Å². The average molecular weight is 291 g/mol. The molecule has 0 radical (unpaired) electrons. The Morgan fingerprint density at radius 1 is 1.14 bits per heavy atom. The molecule has 0 aliphatic rings. The molecule has 0 aromatic heterocycles. The van der Waals surface area contributed by atoms with Crippen molar-refractivity contribution >= 4 is 5.96 Å². The Balaban J connectivity index is 2.35. The van der Waals surface area contributed by atoms with Gasteiger partial charge in [-0.2, -0.15) is 0 Å². The zero-order valence-electron chi connectivity index (χ0n) is 14.0. The molecule has 0 atom stereocenters. The van der Waals surface area contributed by atoms with Crippen molar-refractivity contribution in [1.82, 2.24) is 10.6 Å². The van der Waals surface area contributed by atoms with Crippen molar-refractivity contribution < 1.29 is 4.74 Å². The van der Waals surface area contributed by atoms with E-state index >= 15 is 0 Å². The van der Waals surface area contributed by atoms with Crippen LogP contribution in [0, 0.1) is 0 Å². The predicted molar refractivity (Wildman–Crippen MR) is 90.0 cm³/mol. The maximum absolute atomic E-state index is 5.38. The van der Waals surface area contributed by atoms with Gasteiger partial charge in [-0.3, -0.25) is 4.99 Å². The van der Waals surface area contributed by atoms with Gasteiger partial charge in [0.05, 0.1) is 5.60 Å². The first-order chi connectivity index (χ1) is 10.0. The summed E-state index contributed by atoms with van der Waals surface area (Å²) in [7, 11) is 3.50. The number of methoxy groups -OCH3 is 1. The van der Waals surface area contributed by atoms with Crippen LogP contribution >= 0.6 is 0 Å². The molecule has 4 nitrogen and oxygen atoms in total. The number of hydrogen-bond acceptors (Lipinski definition) is 2. The van der Waals surface area contributed by atoms with Crippen molar-refractivity contribution in [2.75, 3.05) is 27.2 Å². The number of nitrogens with one attached hydrogen (secondary N) is 2. The van der Waals surface area contributed by atoms with E-state index in [0.29, 0.717) is 6.54 Å². The van der Waals surface area contributed by atoms with Gasteiger partial charge in [-0.25, -0.2) is 0 Å². The Bertz CT molecular complexity index is 438. The smallest absolute Gasteiger partial charge is 0.191 e. The highest BCUT2D eigenvalue weighted by Crippen LogP contribution is 2.06. The second-order valence-corrected chi connectivity index (χ2v) is 5.74. The zero-order valence-corrected chi connectivity index (χ0v) is 14.0.